The SMILES string of the molecule is CCCC1CCCN(CCCNC)CC1. The quantitative estimate of drug-likeness (QED) is 0.681. The molecule has 0 bridgehead atoms. The van der Waals surface area contributed by atoms with E-state index in [1.165, 1.54) is 58.2 Å². The Labute approximate surface area is 95.4 Å². The van der Waals surface area contributed by atoms with E-state index in [0.717, 1.165) is 12.5 Å². The summed E-state index contributed by atoms with van der Waals surface area (Å²) in [5.41, 5.74) is 0. The van der Waals surface area contributed by atoms with Crippen molar-refractivity contribution in [1.82, 2.24) is 10.2 Å². The molecule has 1 aliphatic rings. The molecule has 2 nitrogen and oxygen atoms in total. The van der Waals surface area contributed by atoms with Gasteiger partial charge in [0.25, 0.3) is 0 Å². The zero-order valence-corrected chi connectivity index (χ0v) is 10.6. The van der Waals surface area contributed by atoms with E-state index in [4.69, 9.17) is 0 Å². The molecule has 0 aliphatic carbocycles. The maximum absolute atomic E-state index is 3.23. The van der Waals surface area contributed by atoms with Crippen molar-refractivity contribution < 1.29 is 0 Å². The van der Waals surface area contributed by atoms with E-state index in [1.54, 1.807) is 0 Å². The third-order valence-electron chi connectivity index (χ3n) is 3.54. The lowest BCUT2D eigenvalue weighted by atomic mass is 9.96. The summed E-state index contributed by atoms with van der Waals surface area (Å²) in [4.78, 5) is 2.66. The van der Waals surface area contributed by atoms with E-state index in [-0.39, 0.29) is 0 Å². The van der Waals surface area contributed by atoms with Gasteiger partial charge in [-0.25, -0.2) is 0 Å². The lowest BCUT2D eigenvalue weighted by Crippen LogP contribution is -2.28. The van der Waals surface area contributed by atoms with Gasteiger partial charge < -0.3 is 10.2 Å². The van der Waals surface area contributed by atoms with Gasteiger partial charge in [0.1, 0.15) is 0 Å². The van der Waals surface area contributed by atoms with Crippen LogP contribution in [0.4, 0.5) is 0 Å². The van der Waals surface area contributed by atoms with Gasteiger partial charge in [0, 0.05) is 0 Å². The van der Waals surface area contributed by atoms with Gasteiger partial charge in [-0.1, -0.05) is 19.8 Å². The van der Waals surface area contributed by atoms with Crippen LogP contribution < -0.4 is 5.32 Å². The van der Waals surface area contributed by atoms with Crippen molar-refractivity contribution in [3.8, 4) is 0 Å². The van der Waals surface area contributed by atoms with E-state index >= 15 is 0 Å². The number of likely N-dealkylation sites (tertiary alicyclic amines) is 1. The fourth-order valence-corrected chi connectivity index (χ4v) is 2.62. The third-order valence-corrected chi connectivity index (χ3v) is 3.54. The first-order chi connectivity index (χ1) is 7.36. The predicted molar refractivity (Wildman–Crippen MR) is 67.2 cm³/mol. The summed E-state index contributed by atoms with van der Waals surface area (Å²) in [7, 11) is 2.04. The highest BCUT2D eigenvalue weighted by atomic mass is 15.1. The number of nitrogens with zero attached hydrogens (tertiary/aromatic N) is 1. The first-order valence-electron chi connectivity index (χ1n) is 6.73. The van der Waals surface area contributed by atoms with Crippen molar-refractivity contribution in [1.29, 1.82) is 0 Å². The maximum atomic E-state index is 3.23. The Kier molecular flexibility index (Phi) is 7.03. The highest BCUT2D eigenvalue weighted by Crippen LogP contribution is 2.21. The number of nitrogens with one attached hydrogen (secondary N) is 1. The Hall–Kier alpha value is -0.0800. The van der Waals surface area contributed by atoms with Crippen LogP contribution in [0.1, 0.15) is 45.4 Å². The fourth-order valence-electron chi connectivity index (χ4n) is 2.62. The Morgan fingerprint density at radius 1 is 1.27 bits per heavy atom. The second-order valence-corrected chi connectivity index (χ2v) is 4.88. The maximum Gasteiger partial charge on any atom is -0.000664 e. The van der Waals surface area contributed by atoms with Crippen molar-refractivity contribution in [3.63, 3.8) is 0 Å². The molecule has 0 aromatic carbocycles. The van der Waals surface area contributed by atoms with E-state index in [1.807, 2.05) is 7.05 Å². The lowest BCUT2D eigenvalue weighted by molar-refractivity contribution is 0.275. The summed E-state index contributed by atoms with van der Waals surface area (Å²) < 4.78 is 0. The summed E-state index contributed by atoms with van der Waals surface area (Å²) in [5.74, 6) is 1.02. The van der Waals surface area contributed by atoms with Gasteiger partial charge in [0.05, 0.1) is 0 Å². The molecule has 2 heteroatoms. The third kappa shape index (κ3) is 5.53. The highest BCUT2D eigenvalue weighted by Gasteiger charge is 2.15. The summed E-state index contributed by atoms with van der Waals surface area (Å²) in [6, 6.07) is 0. The normalized spacial score (nSPS) is 24.0. The molecule has 1 atom stereocenters. The minimum atomic E-state index is 1.02. The molecule has 0 saturated carbocycles. The van der Waals surface area contributed by atoms with Gasteiger partial charge in [-0.2, -0.15) is 0 Å². The van der Waals surface area contributed by atoms with Gasteiger partial charge in [-0.05, 0) is 64.8 Å². The summed E-state index contributed by atoms with van der Waals surface area (Å²) in [6.45, 7) is 7.45. The van der Waals surface area contributed by atoms with E-state index in [0.29, 0.717) is 0 Å². The molecule has 1 unspecified atom stereocenters. The Morgan fingerprint density at radius 2 is 2.13 bits per heavy atom. The molecule has 1 N–H and O–H groups in total. The van der Waals surface area contributed by atoms with Crippen LogP contribution in [0.2, 0.25) is 0 Å². The van der Waals surface area contributed by atoms with E-state index in [9.17, 15) is 0 Å². The number of rotatable bonds is 6. The van der Waals surface area contributed by atoms with Crippen LogP contribution in [0.15, 0.2) is 0 Å². The van der Waals surface area contributed by atoms with Crippen molar-refractivity contribution >= 4 is 0 Å². The molecule has 1 saturated heterocycles. The molecule has 0 aromatic heterocycles. The minimum Gasteiger partial charge on any atom is -0.320 e. The van der Waals surface area contributed by atoms with Crippen molar-refractivity contribution in [2.24, 2.45) is 5.92 Å². The van der Waals surface area contributed by atoms with Crippen LogP contribution in [0, 0.1) is 5.92 Å². The molecule has 90 valence electrons. The van der Waals surface area contributed by atoms with Gasteiger partial charge in [-0.15, -0.1) is 0 Å². The van der Waals surface area contributed by atoms with Crippen LogP contribution >= 0.6 is 0 Å². The molecular weight excluding hydrogens is 184 g/mol. The number of hydrogen-bond acceptors (Lipinski definition) is 2. The van der Waals surface area contributed by atoms with Crippen LogP contribution in [0.5, 0.6) is 0 Å². The molecule has 1 fully saturated rings. The van der Waals surface area contributed by atoms with E-state index in [2.05, 4.69) is 17.1 Å². The average molecular weight is 212 g/mol. The zero-order chi connectivity index (χ0) is 10.9. The average Bonchev–Trinajstić information content (AvgIpc) is 2.45. The van der Waals surface area contributed by atoms with Gasteiger partial charge in [0.2, 0.25) is 0 Å². The van der Waals surface area contributed by atoms with E-state index < -0.39 is 0 Å². The summed E-state index contributed by atoms with van der Waals surface area (Å²) >= 11 is 0. The Balaban J connectivity index is 2.14. The summed E-state index contributed by atoms with van der Waals surface area (Å²) in [5, 5.41) is 3.23. The molecule has 0 amide bonds. The molecule has 15 heavy (non-hydrogen) atoms. The molecule has 1 heterocycles. The molecule has 0 radical (unpaired) electrons. The van der Waals surface area contributed by atoms with Gasteiger partial charge in [0.15, 0.2) is 0 Å². The Morgan fingerprint density at radius 3 is 2.87 bits per heavy atom. The molecule has 0 aromatic rings. The van der Waals surface area contributed by atoms with Crippen molar-refractivity contribution in [2.75, 3.05) is 33.2 Å². The fraction of sp³-hybridized carbons (Fsp3) is 1.00. The van der Waals surface area contributed by atoms with Gasteiger partial charge in [-0.3, -0.25) is 0 Å². The minimum absolute atomic E-state index is 1.02. The standard InChI is InChI=1S/C13H28N2/c1-3-6-13-7-4-10-15(12-8-13)11-5-9-14-2/h13-14H,3-12H2,1-2H3. The van der Waals surface area contributed by atoms with Crippen LogP contribution in [0.3, 0.4) is 0 Å². The smallest absolute Gasteiger partial charge is 0.000664 e. The molecule has 1 aliphatic heterocycles. The summed E-state index contributed by atoms with van der Waals surface area (Å²) in [6.07, 6.45) is 8.44. The first kappa shape index (κ1) is 13.0. The second kappa shape index (κ2) is 8.12. The van der Waals surface area contributed by atoms with Crippen molar-refractivity contribution in [3.05, 3.63) is 0 Å². The second-order valence-electron chi connectivity index (χ2n) is 4.88. The first-order valence-corrected chi connectivity index (χ1v) is 6.73. The largest absolute Gasteiger partial charge is 0.320 e. The highest BCUT2D eigenvalue weighted by molar-refractivity contribution is 4.70. The lowest BCUT2D eigenvalue weighted by Gasteiger charge is -2.19. The molecular formula is C13H28N2. The van der Waals surface area contributed by atoms with Crippen molar-refractivity contribution in [2.45, 2.75) is 45.4 Å². The zero-order valence-electron chi connectivity index (χ0n) is 10.6. The monoisotopic (exact) mass is 212 g/mol. The predicted octanol–water partition coefficient (Wildman–Crippen LogP) is 2.50. The van der Waals surface area contributed by atoms with Crippen LogP contribution in [0.25, 0.3) is 0 Å². The molecule has 0 spiro atoms. The van der Waals surface area contributed by atoms with Gasteiger partial charge >= 0.3 is 0 Å². The van der Waals surface area contributed by atoms with Crippen LogP contribution in [-0.4, -0.2) is 38.1 Å². The Bertz CT molecular complexity index is 147. The van der Waals surface area contributed by atoms with Crippen LogP contribution in [-0.2, 0) is 0 Å². The number of hydrogen-bond donors (Lipinski definition) is 1. The molecule has 1 rings (SSSR count). The topological polar surface area (TPSA) is 15.3 Å².